The first-order chi connectivity index (χ1) is 10.9. The summed E-state index contributed by atoms with van der Waals surface area (Å²) in [6.07, 6.45) is 3.27. The van der Waals surface area contributed by atoms with Gasteiger partial charge in [-0.15, -0.1) is 5.11 Å². The Hall–Kier alpha value is -2.70. The zero-order valence-corrected chi connectivity index (χ0v) is 13.5. The van der Waals surface area contributed by atoms with Crippen molar-refractivity contribution in [3.05, 3.63) is 40.2 Å². The predicted octanol–water partition coefficient (Wildman–Crippen LogP) is 3.06. The molecule has 2 aromatic rings. The van der Waals surface area contributed by atoms with Crippen molar-refractivity contribution in [2.24, 2.45) is 10.3 Å². The lowest BCUT2D eigenvalue weighted by molar-refractivity contribution is 0.0695. The highest BCUT2D eigenvalue weighted by Crippen LogP contribution is 2.21. The van der Waals surface area contributed by atoms with Gasteiger partial charge in [0.25, 0.3) is 0 Å². The fourth-order valence-corrected chi connectivity index (χ4v) is 2.25. The zero-order chi connectivity index (χ0) is 17.0. The Morgan fingerprint density at radius 1 is 1.35 bits per heavy atom. The largest absolute Gasteiger partial charge is 0.477 e. The SMILES string of the molecule is CCCCn1cc(C(=O)O)c(=O)c2ccc(N=NN(C)C)cc21. The van der Waals surface area contributed by atoms with Crippen molar-refractivity contribution < 1.29 is 9.90 Å². The summed E-state index contributed by atoms with van der Waals surface area (Å²) in [5.74, 6) is -1.21. The molecule has 23 heavy (non-hydrogen) atoms. The lowest BCUT2D eigenvalue weighted by Gasteiger charge is -2.12. The molecule has 0 bridgehead atoms. The van der Waals surface area contributed by atoms with Crippen LogP contribution in [0.5, 0.6) is 0 Å². The molecule has 0 radical (unpaired) electrons. The lowest BCUT2D eigenvalue weighted by atomic mass is 10.1. The maximum atomic E-state index is 12.3. The van der Waals surface area contributed by atoms with E-state index in [-0.39, 0.29) is 5.56 Å². The number of aromatic nitrogens is 1. The van der Waals surface area contributed by atoms with Gasteiger partial charge in [0.15, 0.2) is 0 Å². The first-order valence-electron chi connectivity index (χ1n) is 7.43. The summed E-state index contributed by atoms with van der Waals surface area (Å²) in [6, 6.07) is 5.02. The standard InChI is InChI=1S/C16H20N4O3/c1-4-5-8-20-10-13(16(22)23)15(21)12-7-6-11(9-14(12)20)17-18-19(2)3/h6-7,9-10H,4-5,8H2,1-3H3,(H,22,23). The fourth-order valence-electron chi connectivity index (χ4n) is 2.25. The van der Waals surface area contributed by atoms with Gasteiger partial charge in [0.1, 0.15) is 5.56 Å². The third kappa shape index (κ3) is 3.74. The molecule has 1 N–H and O–H groups in total. The number of aromatic carboxylic acids is 1. The Balaban J connectivity index is 2.65. The van der Waals surface area contributed by atoms with E-state index in [0.29, 0.717) is 23.1 Å². The summed E-state index contributed by atoms with van der Waals surface area (Å²) < 4.78 is 1.80. The Morgan fingerprint density at radius 2 is 2.09 bits per heavy atom. The Kier molecular flexibility index (Phi) is 5.10. The Labute approximate surface area is 133 Å². The smallest absolute Gasteiger partial charge is 0.341 e. The average molecular weight is 316 g/mol. The summed E-state index contributed by atoms with van der Waals surface area (Å²) in [5.41, 5.74) is 0.593. The van der Waals surface area contributed by atoms with Crippen LogP contribution in [0.25, 0.3) is 10.9 Å². The van der Waals surface area contributed by atoms with Gasteiger partial charge in [0, 0.05) is 32.2 Å². The molecule has 0 aliphatic carbocycles. The molecule has 0 spiro atoms. The number of benzene rings is 1. The van der Waals surface area contributed by atoms with Crippen LogP contribution in [-0.4, -0.2) is 34.7 Å². The zero-order valence-electron chi connectivity index (χ0n) is 13.5. The molecule has 2 rings (SSSR count). The Bertz CT molecular complexity index is 809. The molecule has 7 heteroatoms. The molecule has 0 aliphatic heterocycles. The van der Waals surface area contributed by atoms with Crippen LogP contribution in [0.4, 0.5) is 5.69 Å². The number of hydrogen-bond acceptors (Lipinski definition) is 4. The highest BCUT2D eigenvalue weighted by Gasteiger charge is 2.14. The van der Waals surface area contributed by atoms with Crippen molar-refractivity contribution in [1.82, 2.24) is 9.58 Å². The van der Waals surface area contributed by atoms with Crippen LogP contribution >= 0.6 is 0 Å². The number of nitrogens with zero attached hydrogens (tertiary/aromatic N) is 4. The Morgan fingerprint density at radius 3 is 2.70 bits per heavy atom. The molecule has 1 aromatic heterocycles. The lowest BCUT2D eigenvalue weighted by Crippen LogP contribution is -2.19. The maximum Gasteiger partial charge on any atom is 0.341 e. The van der Waals surface area contributed by atoms with Crippen LogP contribution in [0.3, 0.4) is 0 Å². The van der Waals surface area contributed by atoms with Gasteiger partial charge in [-0.1, -0.05) is 18.6 Å². The number of pyridine rings is 1. The second-order valence-electron chi connectivity index (χ2n) is 5.46. The molecular formula is C16H20N4O3. The van der Waals surface area contributed by atoms with E-state index < -0.39 is 11.4 Å². The minimum atomic E-state index is -1.21. The van der Waals surface area contributed by atoms with Crippen LogP contribution in [0, 0.1) is 0 Å². The molecular weight excluding hydrogens is 296 g/mol. The summed E-state index contributed by atoms with van der Waals surface area (Å²) in [4.78, 5) is 23.6. The van der Waals surface area contributed by atoms with E-state index in [2.05, 4.69) is 17.3 Å². The van der Waals surface area contributed by atoms with Crippen LogP contribution in [-0.2, 0) is 6.54 Å². The first-order valence-corrected chi connectivity index (χ1v) is 7.43. The van der Waals surface area contributed by atoms with E-state index >= 15 is 0 Å². The van der Waals surface area contributed by atoms with Gasteiger partial charge >= 0.3 is 5.97 Å². The molecule has 0 saturated carbocycles. The summed E-state index contributed by atoms with van der Waals surface area (Å²) in [5, 5.41) is 19.2. The van der Waals surface area contributed by atoms with Gasteiger partial charge in [0.2, 0.25) is 5.43 Å². The highest BCUT2D eigenvalue weighted by atomic mass is 16.4. The number of unbranched alkanes of at least 4 members (excludes halogenated alkanes) is 1. The molecule has 1 heterocycles. The molecule has 122 valence electrons. The van der Waals surface area contributed by atoms with Crippen LogP contribution in [0.15, 0.2) is 39.5 Å². The highest BCUT2D eigenvalue weighted by molar-refractivity contribution is 5.93. The molecule has 0 unspecified atom stereocenters. The van der Waals surface area contributed by atoms with E-state index in [4.69, 9.17) is 0 Å². The van der Waals surface area contributed by atoms with Crippen LogP contribution in [0.1, 0.15) is 30.1 Å². The third-order valence-electron chi connectivity index (χ3n) is 3.39. The number of carboxylic acids is 1. The minimum absolute atomic E-state index is 0.212. The second-order valence-corrected chi connectivity index (χ2v) is 5.46. The quantitative estimate of drug-likeness (QED) is 0.655. The molecule has 1 aromatic carbocycles. The summed E-state index contributed by atoms with van der Waals surface area (Å²) in [7, 11) is 3.53. The van der Waals surface area contributed by atoms with Crippen molar-refractivity contribution in [3.63, 3.8) is 0 Å². The topological polar surface area (TPSA) is 87.3 Å². The van der Waals surface area contributed by atoms with Crippen molar-refractivity contribution in [3.8, 4) is 0 Å². The second kappa shape index (κ2) is 7.04. The van der Waals surface area contributed by atoms with Crippen molar-refractivity contribution in [2.75, 3.05) is 14.1 Å². The maximum absolute atomic E-state index is 12.3. The summed E-state index contributed by atoms with van der Waals surface area (Å²) >= 11 is 0. The van der Waals surface area contributed by atoms with E-state index in [9.17, 15) is 14.7 Å². The molecule has 0 aliphatic rings. The normalized spacial score (nSPS) is 11.3. The molecule has 0 atom stereocenters. The number of aryl methyl sites for hydroxylation is 1. The molecule has 7 nitrogen and oxygen atoms in total. The van der Waals surface area contributed by atoms with Gasteiger partial charge < -0.3 is 9.67 Å². The van der Waals surface area contributed by atoms with Gasteiger partial charge in [-0.3, -0.25) is 9.80 Å². The van der Waals surface area contributed by atoms with Gasteiger partial charge in [0.05, 0.1) is 11.2 Å². The third-order valence-corrected chi connectivity index (χ3v) is 3.39. The van der Waals surface area contributed by atoms with Gasteiger partial charge in [-0.25, -0.2) is 4.79 Å². The molecule has 0 saturated heterocycles. The minimum Gasteiger partial charge on any atom is -0.477 e. The summed E-state index contributed by atoms with van der Waals surface area (Å²) in [6.45, 7) is 2.70. The predicted molar refractivity (Wildman–Crippen MR) is 88.3 cm³/mol. The van der Waals surface area contributed by atoms with Crippen LogP contribution < -0.4 is 5.43 Å². The van der Waals surface area contributed by atoms with Gasteiger partial charge in [-0.05, 0) is 24.6 Å². The number of rotatable bonds is 6. The number of carboxylic acid groups (broad SMARTS) is 1. The van der Waals surface area contributed by atoms with E-state index in [1.54, 1.807) is 41.9 Å². The van der Waals surface area contributed by atoms with E-state index in [1.807, 2.05) is 0 Å². The van der Waals surface area contributed by atoms with Crippen molar-refractivity contribution >= 4 is 22.6 Å². The molecule has 0 amide bonds. The number of fused-ring (bicyclic) bond motifs is 1. The number of carbonyl (C=O) groups is 1. The van der Waals surface area contributed by atoms with Crippen molar-refractivity contribution in [2.45, 2.75) is 26.3 Å². The van der Waals surface area contributed by atoms with Crippen molar-refractivity contribution in [1.29, 1.82) is 0 Å². The fraction of sp³-hybridized carbons (Fsp3) is 0.375. The van der Waals surface area contributed by atoms with Crippen LogP contribution in [0.2, 0.25) is 0 Å². The number of hydrogen-bond donors (Lipinski definition) is 1. The van der Waals surface area contributed by atoms with Gasteiger partial charge in [-0.2, -0.15) is 0 Å². The molecule has 0 fully saturated rings. The van der Waals surface area contributed by atoms with E-state index in [0.717, 1.165) is 12.8 Å². The monoisotopic (exact) mass is 316 g/mol. The first kappa shape index (κ1) is 16.7. The average Bonchev–Trinajstić information content (AvgIpc) is 2.51. The van der Waals surface area contributed by atoms with E-state index in [1.165, 1.54) is 6.20 Å².